The van der Waals surface area contributed by atoms with Crippen LogP contribution in [0.2, 0.25) is 0 Å². The molecule has 0 rings (SSSR count). The van der Waals surface area contributed by atoms with Crippen LogP contribution in [-0.4, -0.2) is 28.1 Å². The summed E-state index contributed by atoms with van der Waals surface area (Å²) < 4.78 is 0.425. The lowest BCUT2D eigenvalue weighted by atomic mass is 10.0. The maximum absolute atomic E-state index is 9.22. The van der Waals surface area contributed by atoms with Gasteiger partial charge in [0.25, 0.3) is 0 Å². The summed E-state index contributed by atoms with van der Waals surface area (Å²) in [6.45, 7) is 4.18. The monoisotopic (exact) mass is 258 g/mol. The van der Waals surface area contributed by atoms with Gasteiger partial charge in [-0.05, 0) is 13.3 Å². The second-order valence-electron chi connectivity index (χ2n) is 4.42. The van der Waals surface area contributed by atoms with Crippen molar-refractivity contribution in [2.75, 3.05) is 14.1 Å². The fourth-order valence-electron chi connectivity index (χ4n) is 1.30. The highest BCUT2D eigenvalue weighted by Crippen LogP contribution is 2.31. The largest absolute Gasteiger partial charge is 0.364 e. The van der Waals surface area contributed by atoms with Crippen molar-refractivity contribution in [3.05, 3.63) is 0 Å². The van der Waals surface area contributed by atoms with Crippen LogP contribution in [0.15, 0.2) is 0 Å². The Morgan fingerprint density at radius 1 is 1.38 bits per heavy atom. The molecule has 0 amide bonds. The molecule has 0 radical (unpaired) electrons. The molecule has 2 nitrogen and oxygen atoms in total. The minimum absolute atomic E-state index is 0.366. The lowest BCUT2D eigenvalue weighted by Crippen LogP contribution is -2.25. The number of hydrogen-bond donors (Lipinski definition) is 0. The molecule has 0 heterocycles. The Balaban J connectivity index is 4.12. The van der Waals surface area contributed by atoms with Crippen LogP contribution in [-0.2, 0) is 0 Å². The molecule has 1 atom stereocenters. The maximum Gasteiger partial charge on any atom is 0.137 e. The third-order valence-electron chi connectivity index (χ3n) is 2.42. The Kier molecular flexibility index (Phi) is 7.78. The minimum Gasteiger partial charge on any atom is -0.364 e. The van der Waals surface area contributed by atoms with E-state index < -0.39 is 0 Å². The molecule has 0 aliphatic heterocycles. The Morgan fingerprint density at radius 3 is 2.44 bits per heavy atom. The zero-order chi connectivity index (χ0) is 12.6. The fourth-order valence-corrected chi connectivity index (χ4v) is 2.71. The van der Waals surface area contributed by atoms with Gasteiger partial charge in [0.05, 0.1) is 6.07 Å². The first kappa shape index (κ1) is 15.7. The van der Waals surface area contributed by atoms with E-state index in [1.807, 2.05) is 25.9 Å². The van der Waals surface area contributed by atoms with Crippen molar-refractivity contribution in [1.29, 1.82) is 5.26 Å². The Labute approximate surface area is 109 Å². The summed E-state index contributed by atoms with van der Waals surface area (Å²) in [6.07, 6.45) is 5.73. The normalized spacial score (nSPS) is 13.9. The summed E-state index contributed by atoms with van der Waals surface area (Å²) in [4.78, 5) is 1.89. The van der Waals surface area contributed by atoms with Crippen molar-refractivity contribution in [2.24, 2.45) is 0 Å². The average Bonchev–Trinajstić information content (AvgIpc) is 2.24. The van der Waals surface area contributed by atoms with Crippen molar-refractivity contribution in [3.8, 4) is 6.07 Å². The molecule has 0 aliphatic rings. The van der Waals surface area contributed by atoms with Crippen LogP contribution in [0.25, 0.3) is 0 Å². The first-order chi connectivity index (χ1) is 7.45. The van der Waals surface area contributed by atoms with E-state index in [0.717, 1.165) is 17.2 Å². The molecule has 4 heteroatoms. The van der Waals surface area contributed by atoms with Gasteiger partial charge in [0.1, 0.15) is 9.07 Å². The Morgan fingerprint density at radius 2 is 2.00 bits per heavy atom. The van der Waals surface area contributed by atoms with Crippen molar-refractivity contribution in [1.82, 2.24) is 4.90 Å². The van der Waals surface area contributed by atoms with Gasteiger partial charge in [-0.25, -0.2) is 0 Å². The summed E-state index contributed by atoms with van der Waals surface area (Å²) in [7, 11) is 3.84. The SMILES string of the molecule is CCCCCCC(C)(C#N)SC(=S)N(C)C. The molecule has 0 bridgehead atoms. The van der Waals surface area contributed by atoms with Gasteiger partial charge in [-0.15, -0.1) is 0 Å². The van der Waals surface area contributed by atoms with Gasteiger partial charge in [-0.1, -0.05) is 56.6 Å². The fraction of sp³-hybridized carbons (Fsp3) is 0.833. The summed E-state index contributed by atoms with van der Waals surface area (Å²) in [5.74, 6) is 0. The van der Waals surface area contributed by atoms with Crippen molar-refractivity contribution >= 4 is 28.3 Å². The molecule has 0 N–H and O–H groups in total. The third kappa shape index (κ3) is 6.34. The quantitative estimate of drug-likeness (QED) is 0.534. The minimum atomic E-state index is -0.366. The van der Waals surface area contributed by atoms with Crippen molar-refractivity contribution in [2.45, 2.75) is 50.7 Å². The molecule has 1 unspecified atom stereocenters. The van der Waals surface area contributed by atoms with Crippen molar-refractivity contribution in [3.63, 3.8) is 0 Å². The van der Waals surface area contributed by atoms with E-state index in [0.29, 0.717) is 0 Å². The first-order valence-corrected chi connectivity index (χ1v) is 6.99. The van der Waals surface area contributed by atoms with Crippen LogP contribution < -0.4 is 0 Å². The van der Waals surface area contributed by atoms with Crippen LogP contribution >= 0.6 is 24.0 Å². The number of rotatable bonds is 6. The highest BCUT2D eigenvalue weighted by atomic mass is 32.2. The van der Waals surface area contributed by atoms with E-state index in [-0.39, 0.29) is 4.75 Å². The number of nitriles is 1. The van der Waals surface area contributed by atoms with Crippen LogP contribution in [0, 0.1) is 11.3 Å². The van der Waals surface area contributed by atoms with E-state index in [9.17, 15) is 5.26 Å². The molecule has 92 valence electrons. The molecule has 0 fully saturated rings. The zero-order valence-electron chi connectivity index (χ0n) is 10.7. The topological polar surface area (TPSA) is 27.0 Å². The second-order valence-corrected chi connectivity index (χ2v) is 6.55. The van der Waals surface area contributed by atoms with Gasteiger partial charge in [0.2, 0.25) is 0 Å². The molecule has 0 aromatic carbocycles. The molecule has 0 saturated heterocycles. The number of unbranched alkanes of at least 4 members (excludes halogenated alkanes) is 3. The summed E-state index contributed by atoms with van der Waals surface area (Å²) >= 11 is 6.74. The average molecular weight is 258 g/mol. The van der Waals surface area contributed by atoms with Crippen LogP contribution in [0.5, 0.6) is 0 Å². The molecular formula is C12H22N2S2. The number of thiocarbonyl (C=S) groups is 1. The molecule has 0 aromatic heterocycles. The standard InChI is InChI=1S/C12H22N2S2/c1-5-6-7-8-9-12(2,10-13)16-11(15)14(3)4/h5-9H2,1-4H3. The van der Waals surface area contributed by atoms with Gasteiger partial charge in [0, 0.05) is 14.1 Å². The number of thioether (sulfide) groups is 1. The lowest BCUT2D eigenvalue weighted by molar-refractivity contribution is 0.592. The van der Waals surface area contributed by atoms with Gasteiger partial charge in [0.15, 0.2) is 0 Å². The maximum atomic E-state index is 9.22. The van der Waals surface area contributed by atoms with Gasteiger partial charge in [-0.3, -0.25) is 0 Å². The van der Waals surface area contributed by atoms with Crippen LogP contribution in [0.1, 0.15) is 46.0 Å². The van der Waals surface area contributed by atoms with Gasteiger partial charge >= 0.3 is 0 Å². The van der Waals surface area contributed by atoms with Gasteiger partial charge in [-0.2, -0.15) is 5.26 Å². The second kappa shape index (κ2) is 7.92. The van der Waals surface area contributed by atoms with E-state index in [4.69, 9.17) is 12.2 Å². The lowest BCUT2D eigenvalue weighted by Gasteiger charge is -2.24. The van der Waals surface area contributed by atoms with E-state index in [1.165, 1.54) is 31.0 Å². The molecule has 16 heavy (non-hydrogen) atoms. The van der Waals surface area contributed by atoms with Crippen LogP contribution in [0.4, 0.5) is 0 Å². The van der Waals surface area contributed by atoms with E-state index in [2.05, 4.69) is 13.0 Å². The summed E-state index contributed by atoms with van der Waals surface area (Å²) in [5, 5.41) is 9.22. The molecule has 0 saturated carbocycles. The highest BCUT2D eigenvalue weighted by Gasteiger charge is 2.26. The Bertz CT molecular complexity index is 258. The summed E-state index contributed by atoms with van der Waals surface area (Å²) in [5.41, 5.74) is 0. The predicted octanol–water partition coefficient (Wildman–Crippen LogP) is 3.82. The van der Waals surface area contributed by atoms with Crippen molar-refractivity contribution < 1.29 is 0 Å². The zero-order valence-corrected chi connectivity index (χ0v) is 12.4. The molecular weight excluding hydrogens is 236 g/mol. The highest BCUT2D eigenvalue weighted by molar-refractivity contribution is 8.23. The smallest absolute Gasteiger partial charge is 0.137 e. The molecule has 0 spiro atoms. The van der Waals surface area contributed by atoms with Gasteiger partial charge < -0.3 is 4.90 Å². The van der Waals surface area contributed by atoms with E-state index >= 15 is 0 Å². The number of nitrogens with zero attached hydrogens (tertiary/aromatic N) is 2. The molecule has 0 aliphatic carbocycles. The van der Waals surface area contributed by atoms with E-state index in [1.54, 1.807) is 0 Å². The van der Waals surface area contributed by atoms with Crippen LogP contribution in [0.3, 0.4) is 0 Å². The first-order valence-electron chi connectivity index (χ1n) is 5.76. The third-order valence-corrected chi connectivity index (χ3v) is 4.32. The predicted molar refractivity (Wildman–Crippen MR) is 76.7 cm³/mol. The summed E-state index contributed by atoms with van der Waals surface area (Å²) in [6, 6.07) is 2.39. The number of hydrogen-bond acceptors (Lipinski definition) is 3. The Hall–Kier alpha value is -0.270. The molecule has 0 aromatic rings.